The number of carboxylic acid groups (broad SMARTS) is 1. The van der Waals surface area contributed by atoms with E-state index in [0.29, 0.717) is 13.0 Å². The number of rotatable bonds is 11. The summed E-state index contributed by atoms with van der Waals surface area (Å²) < 4.78 is 30.6. The van der Waals surface area contributed by atoms with Crippen molar-refractivity contribution in [3.05, 3.63) is 17.6 Å². The van der Waals surface area contributed by atoms with Crippen LogP contribution in [0.5, 0.6) is 0 Å². The molecular weight excluding hydrogens is 348 g/mol. The second kappa shape index (κ2) is 9.57. The van der Waals surface area contributed by atoms with Crippen molar-refractivity contribution in [1.82, 2.24) is 9.62 Å². The van der Waals surface area contributed by atoms with Gasteiger partial charge in [-0.3, -0.25) is 9.59 Å². The van der Waals surface area contributed by atoms with Crippen LogP contribution >= 0.6 is 0 Å². The van der Waals surface area contributed by atoms with Crippen LogP contribution < -0.4 is 5.32 Å². The quantitative estimate of drug-likeness (QED) is 0.572. The highest BCUT2D eigenvalue weighted by Crippen LogP contribution is 2.22. The van der Waals surface area contributed by atoms with Crippen molar-refractivity contribution in [2.45, 2.75) is 50.3 Å². The molecule has 9 heteroatoms. The largest absolute Gasteiger partial charge is 0.481 e. The molecule has 0 fully saturated rings. The van der Waals surface area contributed by atoms with E-state index in [1.54, 1.807) is 0 Å². The summed E-state index contributed by atoms with van der Waals surface area (Å²) in [6.45, 7) is 1.96. The first kappa shape index (κ1) is 21.2. The van der Waals surface area contributed by atoms with Gasteiger partial charge in [0.05, 0.1) is 0 Å². The van der Waals surface area contributed by atoms with E-state index in [1.165, 1.54) is 27.1 Å². The summed E-state index contributed by atoms with van der Waals surface area (Å²) >= 11 is 0. The number of carbonyl (C=O) groups is 2. The van der Waals surface area contributed by atoms with Gasteiger partial charge < -0.3 is 14.8 Å². The SMILES string of the molecule is Cc1oc(C(=O)NCCCCCCCC(=O)O)cc1S(=O)(=O)N(C)C. The summed E-state index contributed by atoms with van der Waals surface area (Å²) in [5, 5.41) is 11.2. The molecule has 0 saturated carbocycles. The van der Waals surface area contributed by atoms with Crippen molar-refractivity contribution in [2.75, 3.05) is 20.6 Å². The van der Waals surface area contributed by atoms with Crippen LogP contribution in [0.15, 0.2) is 15.4 Å². The molecule has 0 aromatic carbocycles. The molecule has 1 aromatic rings. The Kier molecular flexibility index (Phi) is 8.11. The standard InChI is InChI=1S/C16H26N2O6S/c1-12-14(25(22,23)18(2)3)11-13(24-12)16(21)17-10-8-6-4-5-7-9-15(19)20/h11H,4-10H2,1-3H3,(H,17,21)(H,19,20). The number of nitrogens with zero attached hydrogens (tertiary/aromatic N) is 1. The van der Waals surface area contributed by atoms with Gasteiger partial charge in [0, 0.05) is 33.1 Å². The molecule has 1 amide bonds. The summed E-state index contributed by atoms with van der Waals surface area (Å²) in [7, 11) is -0.817. The van der Waals surface area contributed by atoms with E-state index in [4.69, 9.17) is 9.52 Å². The maximum Gasteiger partial charge on any atom is 0.303 e. The summed E-state index contributed by atoms with van der Waals surface area (Å²) in [5.74, 6) is -1.08. The van der Waals surface area contributed by atoms with E-state index in [0.717, 1.165) is 30.0 Å². The third kappa shape index (κ3) is 6.50. The molecule has 0 aliphatic heterocycles. The van der Waals surface area contributed by atoms with Gasteiger partial charge in [0.1, 0.15) is 10.7 Å². The van der Waals surface area contributed by atoms with Gasteiger partial charge >= 0.3 is 5.97 Å². The number of aryl methyl sites for hydroxylation is 1. The molecule has 142 valence electrons. The van der Waals surface area contributed by atoms with Gasteiger partial charge in [-0.05, 0) is 19.8 Å². The zero-order valence-corrected chi connectivity index (χ0v) is 15.7. The minimum Gasteiger partial charge on any atom is -0.481 e. The molecular formula is C16H26N2O6S. The monoisotopic (exact) mass is 374 g/mol. The number of furan rings is 1. The Morgan fingerprint density at radius 3 is 2.36 bits per heavy atom. The predicted octanol–water partition coefficient (Wildman–Crippen LogP) is 1.99. The summed E-state index contributed by atoms with van der Waals surface area (Å²) in [6.07, 6.45) is 4.26. The van der Waals surface area contributed by atoms with Crippen molar-refractivity contribution in [3.63, 3.8) is 0 Å². The highest BCUT2D eigenvalue weighted by molar-refractivity contribution is 7.89. The minimum absolute atomic E-state index is 0.0129. The van der Waals surface area contributed by atoms with Gasteiger partial charge in [-0.2, -0.15) is 0 Å². The average Bonchev–Trinajstić information content (AvgIpc) is 2.92. The Morgan fingerprint density at radius 1 is 1.16 bits per heavy atom. The van der Waals surface area contributed by atoms with Crippen LogP contribution in [-0.4, -0.2) is 50.3 Å². The van der Waals surface area contributed by atoms with Gasteiger partial charge in [-0.25, -0.2) is 12.7 Å². The Hall–Kier alpha value is -1.87. The number of nitrogens with one attached hydrogen (secondary N) is 1. The topological polar surface area (TPSA) is 117 Å². The molecule has 0 aliphatic rings. The van der Waals surface area contributed by atoms with E-state index < -0.39 is 21.9 Å². The van der Waals surface area contributed by atoms with Crippen molar-refractivity contribution >= 4 is 21.9 Å². The zero-order valence-electron chi connectivity index (χ0n) is 14.9. The number of amides is 1. The van der Waals surface area contributed by atoms with Gasteiger partial charge in [0.15, 0.2) is 5.76 Å². The maximum absolute atomic E-state index is 12.1. The smallest absolute Gasteiger partial charge is 0.303 e. The Morgan fingerprint density at radius 2 is 1.76 bits per heavy atom. The number of unbranched alkanes of at least 4 members (excludes halogenated alkanes) is 4. The number of carbonyl (C=O) groups excluding carboxylic acids is 1. The van der Waals surface area contributed by atoms with Crippen LogP contribution in [0.3, 0.4) is 0 Å². The lowest BCUT2D eigenvalue weighted by molar-refractivity contribution is -0.137. The molecule has 1 heterocycles. The number of carboxylic acids is 1. The van der Waals surface area contributed by atoms with Crippen LogP contribution in [-0.2, 0) is 14.8 Å². The number of aliphatic carboxylic acids is 1. The van der Waals surface area contributed by atoms with E-state index in [-0.39, 0.29) is 22.8 Å². The molecule has 8 nitrogen and oxygen atoms in total. The van der Waals surface area contributed by atoms with Gasteiger partial charge in [-0.1, -0.05) is 19.3 Å². The van der Waals surface area contributed by atoms with E-state index in [1.807, 2.05) is 0 Å². The molecule has 25 heavy (non-hydrogen) atoms. The van der Waals surface area contributed by atoms with E-state index in [2.05, 4.69) is 5.32 Å². The maximum atomic E-state index is 12.1. The van der Waals surface area contributed by atoms with Gasteiger partial charge in [0.25, 0.3) is 5.91 Å². The molecule has 0 atom stereocenters. The zero-order chi connectivity index (χ0) is 19.0. The molecule has 1 rings (SSSR count). The molecule has 0 bridgehead atoms. The van der Waals surface area contributed by atoms with E-state index >= 15 is 0 Å². The summed E-state index contributed by atoms with van der Waals surface area (Å²) in [5.41, 5.74) is 0. The molecule has 0 aliphatic carbocycles. The Balaban J connectivity index is 2.40. The fourth-order valence-corrected chi connectivity index (χ4v) is 3.30. The molecule has 0 radical (unpaired) electrons. The predicted molar refractivity (Wildman–Crippen MR) is 92.0 cm³/mol. The van der Waals surface area contributed by atoms with Crippen LogP contribution in [0.25, 0.3) is 0 Å². The van der Waals surface area contributed by atoms with Gasteiger partial charge in [0.2, 0.25) is 10.0 Å². The first-order chi connectivity index (χ1) is 11.7. The molecule has 0 saturated heterocycles. The summed E-state index contributed by atoms with van der Waals surface area (Å²) in [6, 6.07) is 1.24. The molecule has 0 unspecified atom stereocenters. The summed E-state index contributed by atoms with van der Waals surface area (Å²) in [4.78, 5) is 22.4. The highest BCUT2D eigenvalue weighted by Gasteiger charge is 2.25. The second-order valence-electron chi connectivity index (χ2n) is 5.99. The fraction of sp³-hybridized carbons (Fsp3) is 0.625. The Labute approximate surface area is 148 Å². The minimum atomic E-state index is -3.65. The first-order valence-corrected chi connectivity index (χ1v) is 9.63. The number of sulfonamides is 1. The molecule has 0 spiro atoms. The molecule has 2 N–H and O–H groups in total. The van der Waals surface area contributed by atoms with Crippen LogP contribution in [0, 0.1) is 6.92 Å². The van der Waals surface area contributed by atoms with Crippen LogP contribution in [0.4, 0.5) is 0 Å². The molecule has 1 aromatic heterocycles. The van der Waals surface area contributed by atoms with Crippen LogP contribution in [0.2, 0.25) is 0 Å². The van der Waals surface area contributed by atoms with E-state index in [9.17, 15) is 18.0 Å². The van der Waals surface area contributed by atoms with Crippen molar-refractivity contribution in [3.8, 4) is 0 Å². The number of hydrogen-bond donors (Lipinski definition) is 2. The fourth-order valence-electron chi connectivity index (χ4n) is 2.25. The second-order valence-corrected chi connectivity index (χ2v) is 8.11. The van der Waals surface area contributed by atoms with Gasteiger partial charge in [-0.15, -0.1) is 0 Å². The Bertz CT molecular complexity index is 693. The lowest BCUT2D eigenvalue weighted by Gasteiger charge is -2.09. The van der Waals surface area contributed by atoms with Crippen LogP contribution in [0.1, 0.15) is 54.8 Å². The normalized spacial score (nSPS) is 11.7. The highest BCUT2D eigenvalue weighted by atomic mass is 32.2. The third-order valence-electron chi connectivity index (χ3n) is 3.71. The van der Waals surface area contributed by atoms with Crippen molar-refractivity contribution in [1.29, 1.82) is 0 Å². The van der Waals surface area contributed by atoms with Crippen molar-refractivity contribution in [2.24, 2.45) is 0 Å². The lowest BCUT2D eigenvalue weighted by Crippen LogP contribution is -2.24. The van der Waals surface area contributed by atoms with Crippen molar-refractivity contribution < 1.29 is 27.5 Å². The third-order valence-corrected chi connectivity index (χ3v) is 5.63. The average molecular weight is 374 g/mol. The number of hydrogen-bond acceptors (Lipinski definition) is 5. The lowest BCUT2D eigenvalue weighted by atomic mass is 10.1. The first-order valence-electron chi connectivity index (χ1n) is 8.19.